The van der Waals surface area contributed by atoms with Crippen LogP contribution in [0.2, 0.25) is 0 Å². The molecule has 7 heteroatoms. The lowest BCUT2D eigenvalue weighted by Gasteiger charge is -2.09. The lowest BCUT2D eigenvalue weighted by Crippen LogP contribution is -2.05. The van der Waals surface area contributed by atoms with Crippen LogP contribution in [0.15, 0.2) is 30.6 Å². The number of nitrogens with two attached hydrogens (primary N) is 1. The molecule has 0 saturated heterocycles. The van der Waals surface area contributed by atoms with Crippen LogP contribution in [-0.2, 0) is 6.42 Å². The van der Waals surface area contributed by atoms with E-state index in [1.54, 1.807) is 6.07 Å². The molecule has 0 saturated carbocycles. The van der Waals surface area contributed by atoms with Crippen LogP contribution in [0, 0.1) is 25.2 Å². The standard InChI is InChI=1S/C18H18N6O/c1-4-14-13(9-19)18(20)24(23-14)16-8-17(22-10-21-16)25-15-7-11(2)5-6-12(15)3/h5-8,10H,4,20H2,1-3H3. The Labute approximate surface area is 145 Å². The molecule has 0 unspecified atom stereocenters. The number of benzene rings is 1. The Balaban J connectivity index is 1.99. The van der Waals surface area contributed by atoms with Crippen LogP contribution in [0.1, 0.15) is 29.3 Å². The summed E-state index contributed by atoms with van der Waals surface area (Å²) < 4.78 is 7.32. The summed E-state index contributed by atoms with van der Waals surface area (Å²) >= 11 is 0. The largest absolute Gasteiger partial charge is 0.439 e. The van der Waals surface area contributed by atoms with Gasteiger partial charge < -0.3 is 10.5 Å². The normalized spacial score (nSPS) is 10.5. The highest BCUT2D eigenvalue weighted by atomic mass is 16.5. The van der Waals surface area contributed by atoms with Crippen LogP contribution in [0.25, 0.3) is 5.82 Å². The first-order chi connectivity index (χ1) is 12.0. The molecule has 25 heavy (non-hydrogen) atoms. The number of hydrogen-bond acceptors (Lipinski definition) is 6. The van der Waals surface area contributed by atoms with Gasteiger partial charge in [-0.2, -0.15) is 15.0 Å². The summed E-state index contributed by atoms with van der Waals surface area (Å²) in [4.78, 5) is 8.34. The van der Waals surface area contributed by atoms with Crippen LogP contribution in [0.4, 0.5) is 5.82 Å². The fraction of sp³-hybridized carbons (Fsp3) is 0.222. The molecule has 7 nitrogen and oxygen atoms in total. The molecule has 0 radical (unpaired) electrons. The van der Waals surface area contributed by atoms with Gasteiger partial charge in [-0.3, -0.25) is 0 Å². The molecule has 0 aliphatic heterocycles. The van der Waals surface area contributed by atoms with Crippen LogP contribution >= 0.6 is 0 Å². The zero-order valence-corrected chi connectivity index (χ0v) is 14.3. The van der Waals surface area contributed by atoms with E-state index < -0.39 is 0 Å². The number of anilines is 1. The Morgan fingerprint density at radius 2 is 2.04 bits per heavy atom. The zero-order valence-electron chi connectivity index (χ0n) is 14.3. The summed E-state index contributed by atoms with van der Waals surface area (Å²) in [5, 5.41) is 13.6. The van der Waals surface area contributed by atoms with E-state index in [2.05, 4.69) is 21.1 Å². The van der Waals surface area contributed by atoms with E-state index >= 15 is 0 Å². The minimum atomic E-state index is 0.260. The van der Waals surface area contributed by atoms with Gasteiger partial charge >= 0.3 is 0 Å². The third-order valence-electron chi connectivity index (χ3n) is 3.84. The van der Waals surface area contributed by atoms with Gasteiger partial charge in [-0.1, -0.05) is 19.1 Å². The number of aryl methyl sites for hydroxylation is 3. The Bertz CT molecular complexity index is 970. The maximum atomic E-state index is 9.26. The fourth-order valence-electron chi connectivity index (χ4n) is 2.45. The van der Waals surface area contributed by atoms with Crippen molar-refractivity contribution in [2.24, 2.45) is 0 Å². The predicted octanol–water partition coefficient (Wildman–Crippen LogP) is 3.09. The van der Waals surface area contributed by atoms with Crippen LogP contribution in [0.5, 0.6) is 11.6 Å². The summed E-state index contributed by atoms with van der Waals surface area (Å²) in [7, 11) is 0. The Kier molecular flexibility index (Phi) is 4.35. The van der Waals surface area contributed by atoms with Gasteiger partial charge in [0.25, 0.3) is 0 Å². The highest BCUT2D eigenvalue weighted by Crippen LogP contribution is 2.26. The van der Waals surface area contributed by atoms with Gasteiger partial charge in [-0.25, -0.2) is 9.97 Å². The Morgan fingerprint density at radius 1 is 1.24 bits per heavy atom. The molecule has 2 heterocycles. The van der Waals surface area contributed by atoms with E-state index in [4.69, 9.17) is 10.5 Å². The molecule has 0 spiro atoms. The first kappa shape index (κ1) is 16.5. The van der Waals surface area contributed by atoms with Crippen molar-refractivity contribution >= 4 is 5.82 Å². The van der Waals surface area contributed by atoms with Gasteiger partial charge in [-0.05, 0) is 37.5 Å². The summed E-state index contributed by atoms with van der Waals surface area (Å²) in [6.45, 7) is 5.88. The predicted molar refractivity (Wildman–Crippen MR) is 93.6 cm³/mol. The molecule has 1 aromatic carbocycles. The smallest absolute Gasteiger partial charge is 0.224 e. The second-order valence-electron chi connectivity index (χ2n) is 5.67. The van der Waals surface area contributed by atoms with Crippen molar-refractivity contribution < 1.29 is 4.74 Å². The third kappa shape index (κ3) is 3.15. The number of ether oxygens (including phenoxy) is 1. The molecule has 3 aromatic rings. The van der Waals surface area contributed by atoms with Gasteiger partial charge in [0.05, 0.1) is 5.69 Å². The monoisotopic (exact) mass is 334 g/mol. The molecular formula is C18H18N6O. The summed E-state index contributed by atoms with van der Waals surface area (Å²) in [6, 6.07) is 9.69. The lowest BCUT2D eigenvalue weighted by atomic mass is 10.1. The molecule has 0 amide bonds. The second-order valence-corrected chi connectivity index (χ2v) is 5.67. The number of aromatic nitrogens is 4. The highest BCUT2D eigenvalue weighted by Gasteiger charge is 2.16. The number of nitrogens with zero attached hydrogens (tertiary/aromatic N) is 5. The molecule has 2 aromatic heterocycles. The second kappa shape index (κ2) is 6.61. The molecule has 0 bridgehead atoms. The topological polar surface area (TPSA) is 103 Å². The maximum absolute atomic E-state index is 9.26. The Hall–Kier alpha value is -3.40. The summed E-state index contributed by atoms with van der Waals surface area (Å²) in [5.41, 5.74) is 9.15. The van der Waals surface area contributed by atoms with Gasteiger partial charge in [0.1, 0.15) is 29.5 Å². The fourth-order valence-corrected chi connectivity index (χ4v) is 2.45. The molecule has 126 valence electrons. The van der Waals surface area contributed by atoms with Crippen molar-refractivity contribution in [3.8, 4) is 23.5 Å². The number of nitriles is 1. The average Bonchev–Trinajstić information content (AvgIpc) is 2.94. The zero-order chi connectivity index (χ0) is 18.0. The quantitative estimate of drug-likeness (QED) is 0.786. The molecule has 2 N–H and O–H groups in total. The van der Waals surface area contributed by atoms with E-state index in [1.165, 1.54) is 11.0 Å². The van der Waals surface area contributed by atoms with Crippen LogP contribution < -0.4 is 10.5 Å². The SMILES string of the molecule is CCc1nn(-c2cc(Oc3cc(C)ccc3C)ncn2)c(N)c1C#N. The summed E-state index contributed by atoms with van der Waals surface area (Å²) in [5.74, 6) is 1.81. The molecule has 0 aliphatic rings. The van der Waals surface area contributed by atoms with E-state index in [0.29, 0.717) is 29.4 Å². The van der Waals surface area contributed by atoms with Crippen molar-refractivity contribution in [2.75, 3.05) is 5.73 Å². The van der Waals surface area contributed by atoms with E-state index in [1.807, 2.05) is 39.0 Å². The number of rotatable bonds is 4. The lowest BCUT2D eigenvalue weighted by molar-refractivity contribution is 0.457. The minimum Gasteiger partial charge on any atom is -0.439 e. The molecule has 0 aliphatic carbocycles. The first-order valence-electron chi connectivity index (χ1n) is 7.88. The van der Waals surface area contributed by atoms with Crippen LogP contribution in [-0.4, -0.2) is 19.7 Å². The number of nitrogen functional groups attached to an aromatic ring is 1. The van der Waals surface area contributed by atoms with Crippen molar-refractivity contribution in [3.05, 3.63) is 53.0 Å². The van der Waals surface area contributed by atoms with Crippen molar-refractivity contribution in [3.63, 3.8) is 0 Å². The minimum absolute atomic E-state index is 0.260. The molecular weight excluding hydrogens is 316 g/mol. The van der Waals surface area contributed by atoms with Crippen LogP contribution in [0.3, 0.4) is 0 Å². The van der Waals surface area contributed by atoms with Crippen molar-refractivity contribution in [1.29, 1.82) is 5.26 Å². The van der Waals surface area contributed by atoms with Gasteiger partial charge in [-0.15, -0.1) is 0 Å². The highest BCUT2D eigenvalue weighted by molar-refractivity contribution is 5.55. The van der Waals surface area contributed by atoms with E-state index in [9.17, 15) is 5.26 Å². The summed E-state index contributed by atoms with van der Waals surface area (Å²) in [6.07, 6.45) is 1.99. The molecule has 0 fully saturated rings. The van der Waals surface area contributed by atoms with Crippen molar-refractivity contribution in [1.82, 2.24) is 19.7 Å². The molecule has 3 rings (SSSR count). The molecule has 0 atom stereocenters. The van der Waals surface area contributed by atoms with E-state index in [0.717, 1.165) is 16.9 Å². The van der Waals surface area contributed by atoms with Gasteiger partial charge in [0.2, 0.25) is 5.88 Å². The van der Waals surface area contributed by atoms with Gasteiger partial charge in [0.15, 0.2) is 5.82 Å². The van der Waals surface area contributed by atoms with Crippen molar-refractivity contribution in [2.45, 2.75) is 27.2 Å². The van der Waals surface area contributed by atoms with Gasteiger partial charge in [0, 0.05) is 6.07 Å². The average molecular weight is 334 g/mol. The number of hydrogen-bond donors (Lipinski definition) is 1. The first-order valence-corrected chi connectivity index (χ1v) is 7.88. The Morgan fingerprint density at radius 3 is 2.72 bits per heavy atom. The maximum Gasteiger partial charge on any atom is 0.224 e. The van der Waals surface area contributed by atoms with E-state index in [-0.39, 0.29) is 5.82 Å². The third-order valence-corrected chi connectivity index (χ3v) is 3.84.